The first kappa shape index (κ1) is 16.3. The monoisotopic (exact) mass is 364 g/mol. The molecule has 0 spiro atoms. The van der Waals surface area contributed by atoms with Gasteiger partial charge in [0.05, 0.1) is 13.3 Å². The van der Waals surface area contributed by atoms with E-state index in [4.69, 9.17) is 21.1 Å². The van der Waals surface area contributed by atoms with Gasteiger partial charge in [-0.1, -0.05) is 23.7 Å². The highest BCUT2D eigenvalue weighted by atomic mass is 35.5. The molecule has 0 unspecified atom stereocenters. The number of methoxy groups -OCH3 is 1. The van der Waals surface area contributed by atoms with Gasteiger partial charge in [-0.15, -0.1) is 11.3 Å². The van der Waals surface area contributed by atoms with Crippen molar-refractivity contribution < 1.29 is 14.3 Å². The number of benzene rings is 1. The summed E-state index contributed by atoms with van der Waals surface area (Å²) in [6, 6.07) is 7.08. The highest BCUT2D eigenvalue weighted by Gasteiger charge is 2.09. The number of fused-ring (bicyclic) bond motifs is 1. The number of amides is 1. The molecule has 0 saturated heterocycles. The lowest BCUT2D eigenvalue weighted by molar-refractivity contribution is -0.123. The largest absolute Gasteiger partial charge is 0.493 e. The fourth-order valence-corrected chi connectivity index (χ4v) is 2.96. The van der Waals surface area contributed by atoms with Crippen LogP contribution >= 0.6 is 22.9 Å². The third kappa shape index (κ3) is 3.50. The van der Waals surface area contributed by atoms with Crippen LogP contribution in [0.3, 0.4) is 0 Å². The minimum Gasteiger partial charge on any atom is -0.493 e. The minimum absolute atomic E-state index is 0.189. The van der Waals surface area contributed by atoms with Crippen LogP contribution in [0.4, 0.5) is 0 Å². The van der Waals surface area contributed by atoms with Crippen molar-refractivity contribution in [3.63, 3.8) is 0 Å². The van der Waals surface area contributed by atoms with Gasteiger partial charge in [0.25, 0.3) is 5.91 Å². The number of hydrazone groups is 1. The minimum atomic E-state index is -0.403. The Kier molecular flexibility index (Phi) is 4.97. The number of imidazole rings is 1. The van der Waals surface area contributed by atoms with E-state index in [0.717, 1.165) is 4.96 Å². The maximum absolute atomic E-state index is 11.8. The Morgan fingerprint density at radius 1 is 1.46 bits per heavy atom. The predicted octanol–water partition coefficient (Wildman–Crippen LogP) is 2.59. The third-order valence-corrected chi connectivity index (χ3v) is 4.09. The molecule has 1 aromatic carbocycles. The average Bonchev–Trinajstić information content (AvgIpc) is 3.15. The maximum Gasteiger partial charge on any atom is 0.277 e. The van der Waals surface area contributed by atoms with Gasteiger partial charge in [-0.25, -0.2) is 10.4 Å². The number of halogens is 1. The fraction of sp³-hybridized carbons (Fsp3) is 0.133. The van der Waals surface area contributed by atoms with Crippen molar-refractivity contribution in [2.45, 2.75) is 0 Å². The molecule has 2 heterocycles. The van der Waals surface area contributed by atoms with Crippen LogP contribution in [0.1, 0.15) is 5.69 Å². The van der Waals surface area contributed by atoms with Crippen molar-refractivity contribution in [3.05, 3.63) is 46.7 Å². The number of ether oxygens (including phenoxy) is 2. The average molecular weight is 365 g/mol. The van der Waals surface area contributed by atoms with E-state index in [2.05, 4.69) is 15.5 Å². The summed E-state index contributed by atoms with van der Waals surface area (Å²) in [6.45, 7) is -0.189. The predicted molar refractivity (Wildman–Crippen MR) is 92.3 cm³/mol. The topological polar surface area (TPSA) is 77.2 Å². The molecule has 124 valence electrons. The van der Waals surface area contributed by atoms with Crippen LogP contribution in [0.2, 0.25) is 5.15 Å². The van der Waals surface area contributed by atoms with Crippen LogP contribution in [-0.2, 0) is 4.79 Å². The van der Waals surface area contributed by atoms with Crippen molar-refractivity contribution in [2.24, 2.45) is 5.10 Å². The first-order valence-corrected chi connectivity index (χ1v) is 8.13. The zero-order valence-corrected chi connectivity index (χ0v) is 14.2. The second-order valence-corrected chi connectivity index (χ2v) is 5.81. The normalized spacial score (nSPS) is 11.1. The number of nitrogens with one attached hydrogen (secondary N) is 1. The van der Waals surface area contributed by atoms with Crippen LogP contribution < -0.4 is 14.9 Å². The summed E-state index contributed by atoms with van der Waals surface area (Å²) in [4.78, 5) is 16.7. The lowest BCUT2D eigenvalue weighted by Gasteiger charge is -2.09. The van der Waals surface area contributed by atoms with Gasteiger partial charge < -0.3 is 9.47 Å². The number of aromatic nitrogens is 2. The third-order valence-electron chi connectivity index (χ3n) is 3.06. The lowest BCUT2D eigenvalue weighted by atomic mass is 10.3. The number of carbonyl (C=O) groups excluding carboxylic acids is 1. The van der Waals surface area contributed by atoms with Gasteiger partial charge in [-0.3, -0.25) is 9.20 Å². The number of hydrogen-bond donors (Lipinski definition) is 1. The van der Waals surface area contributed by atoms with Crippen molar-refractivity contribution >= 4 is 40.0 Å². The van der Waals surface area contributed by atoms with E-state index < -0.39 is 5.91 Å². The molecule has 0 aliphatic rings. The van der Waals surface area contributed by atoms with Gasteiger partial charge in [-0.2, -0.15) is 5.10 Å². The Balaban J connectivity index is 1.57. The molecule has 0 aliphatic heterocycles. The Bertz CT molecular complexity index is 890. The van der Waals surface area contributed by atoms with Crippen molar-refractivity contribution in [1.82, 2.24) is 14.8 Å². The number of thiazole rings is 1. The Morgan fingerprint density at radius 2 is 2.25 bits per heavy atom. The molecule has 0 aliphatic carbocycles. The number of hydrogen-bond acceptors (Lipinski definition) is 6. The van der Waals surface area contributed by atoms with Crippen LogP contribution in [0.5, 0.6) is 11.5 Å². The highest BCUT2D eigenvalue weighted by Crippen LogP contribution is 2.25. The molecule has 0 bridgehead atoms. The summed E-state index contributed by atoms with van der Waals surface area (Å²) in [5, 5.41) is 6.09. The summed E-state index contributed by atoms with van der Waals surface area (Å²) in [7, 11) is 1.53. The van der Waals surface area contributed by atoms with Crippen LogP contribution in [-0.4, -0.2) is 35.2 Å². The molecular weight excluding hydrogens is 352 g/mol. The lowest BCUT2D eigenvalue weighted by Crippen LogP contribution is -2.24. The van der Waals surface area contributed by atoms with Crippen LogP contribution in [0.15, 0.2) is 40.9 Å². The van der Waals surface area contributed by atoms with Gasteiger partial charge in [0.2, 0.25) is 0 Å². The van der Waals surface area contributed by atoms with E-state index in [1.807, 2.05) is 17.6 Å². The van der Waals surface area contributed by atoms with E-state index in [0.29, 0.717) is 22.3 Å². The standard InChI is InChI=1S/C15H13ClN4O3S/c1-22-11-4-2-3-5-12(11)23-9-13(21)19-17-8-10-14(16)18-15-20(10)6-7-24-15/h2-8H,9H2,1H3,(H,19,21)/b17-8-. The van der Waals surface area contributed by atoms with Gasteiger partial charge in [0.1, 0.15) is 5.69 Å². The van der Waals surface area contributed by atoms with Gasteiger partial charge >= 0.3 is 0 Å². The number of para-hydroxylation sites is 2. The highest BCUT2D eigenvalue weighted by molar-refractivity contribution is 7.15. The second kappa shape index (κ2) is 7.33. The molecule has 0 atom stereocenters. The molecule has 24 heavy (non-hydrogen) atoms. The molecule has 0 fully saturated rings. The van der Waals surface area contributed by atoms with Gasteiger partial charge in [0, 0.05) is 11.6 Å². The maximum atomic E-state index is 11.8. The van der Waals surface area contributed by atoms with E-state index in [1.165, 1.54) is 24.7 Å². The molecule has 3 rings (SSSR count). The second-order valence-electron chi connectivity index (χ2n) is 4.58. The molecule has 9 heteroatoms. The summed E-state index contributed by atoms with van der Waals surface area (Å²) < 4.78 is 12.3. The Morgan fingerprint density at radius 3 is 3.04 bits per heavy atom. The molecule has 2 aromatic heterocycles. The molecular formula is C15H13ClN4O3S. The summed E-state index contributed by atoms with van der Waals surface area (Å²) in [5.41, 5.74) is 2.98. The molecule has 0 radical (unpaired) electrons. The number of nitrogens with zero attached hydrogens (tertiary/aromatic N) is 3. The molecule has 1 amide bonds. The zero-order valence-electron chi connectivity index (χ0n) is 12.6. The van der Waals surface area contributed by atoms with E-state index >= 15 is 0 Å². The van der Waals surface area contributed by atoms with Crippen LogP contribution in [0.25, 0.3) is 4.96 Å². The molecule has 7 nitrogen and oxygen atoms in total. The summed E-state index contributed by atoms with van der Waals surface area (Å²) in [6.07, 6.45) is 3.27. The van der Waals surface area contributed by atoms with Gasteiger partial charge in [-0.05, 0) is 12.1 Å². The van der Waals surface area contributed by atoms with E-state index in [1.54, 1.807) is 22.6 Å². The number of carbonyl (C=O) groups is 1. The summed E-state index contributed by atoms with van der Waals surface area (Å²) >= 11 is 7.49. The Labute approximate surface area is 146 Å². The zero-order chi connectivity index (χ0) is 16.9. The number of rotatable bonds is 6. The SMILES string of the molecule is COc1ccccc1OCC(=O)N/N=C\c1c(Cl)nc2sccn12. The quantitative estimate of drug-likeness (QED) is 0.538. The van der Waals surface area contributed by atoms with E-state index in [-0.39, 0.29) is 6.61 Å². The first-order valence-electron chi connectivity index (χ1n) is 6.88. The van der Waals surface area contributed by atoms with Crippen molar-refractivity contribution in [1.29, 1.82) is 0 Å². The van der Waals surface area contributed by atoms with Crippen molar-refractivity contribution in [2.75, 3.05) is 13.7 Å². The van der Waals surface area contributed by atoms with Crippen LogP contribution in [0, 0.1) is 0 Å². The molecule has 1 N–H and O–H groups in total. The van der Waals surface area contributed by atoms with Crippen molar-refractivity contribution in [3.8, 4) is 11.5 Å². The Hall–Kier alpha value is -2.58. The molecule has 3 aromatic rings. The van der Waals surface area contributed by atoms with E-state index in [9.17, 15) is 4.79 Å². The fourth-order valence-electron chi connectivity index (χ4n) is 1.97. The first-order chi connectivity index (χ1) is 11.7. The van der Waals surface area contributed by atoms with Gasteiger partial charge in [0.15, 0.2) is 28.2 Å². The summed E-state index contributed by atoms with van der Waals surface area (Å²) in [5.74, 6) is 0.636. The molecule has 0 saturated carbocycles. The smallest absolute Gasteiger partial charge is 0.277 e.